The second-order valence-electron chi connectivity index (χ2n) is 4.46. The Bertz CT molecular complexity index is 271. The van der Waals surface area contributed by atoms with Gasteiger partial charge in [-0.25, -0.2) is 0 Å². The Morgan fingerprint density at radius 1 is 1.35 bits per heavy atom. The summed E-state index contributed by atoms with van der Waals surface area (Å²) >= 11 is 0. The van der Waals surface area contributed by atoms with Gasteiger partial charge in [0.15, 0.2) is 5.96 Å². The standard InChI is InChI=1S/C11H21N3O3/c1-15-11(2-5-17-9-11)8-13-10(12)14-3-6-16-7-4-14/h2-9H2,1H3,(H2,12,13). The average molecular weight is 243 g/mol. The highest BCUT2D eigenvalue weighted by molar-refractivity contribution is 5.78. The number of guanidine groups is 1. The first kappa shape index (κ1) is 12.6. The number of methoxy groups -OCH3 is 1. The number of hydrogen-bond donors (Lipinski definition) is 1. The molecule has 2 aliphatic rings. The fourth-order valence-electron chi connectivity index (χ4n) is 2.06. The van der Waals surface area contributed by atoms with E-state index in [1.165, 1.54) is 0 Å². The van der Waals surface area contributed by atoms with Crippen molar-refractivity contribution >= 4 is 5.96 Å². The topological polar surface area (TPSA) is 69.3 Å². The molecule has 98 valence electrons. The minimum Gasteiger partial charge on any atom is -0.378 e. The van der Waals surface area contributed by atoms with Gasteiger partial charge in [-0.05, 0) is 0 Å². The molecule has 1 unspecified atom stereocenters. The Balaban J connectivity index is 1.89. The highest BCUT2D eigenvalue weighted by atomic mass is 16.5. The molecule has 17 heavy (non-hydrogen) atoms. The van der Waals surface area contributed by atoms with Crippen LogP contribution in [0.4, 0.5) is 0 Å². The number of rotatable bonds is 3. The molecule has 2 heterocycles. The molecule has 2 saturated heterocycles. The van der Waals surface area contributed by atoms with E-state index < -0.39 is 0 Å². The first-order valence-electron chi connectivity index (χ1n) is 6.01. The molecule has 6 nitrogen and oxygen atoms in total. The molecule has 0 aromatic carbocycles. The number of ether oxygens (including phenoxy) is 3. The molecule has 0 spiro atoms. The van der Waals surface area contributed by atoms with Gasteiger partial charge in [-0.2, -0.15) is 0 Å². The lowest BCUT2D eigenvalue weighted by Crippen LogP contribution is -2.46. The van der Waals surface area contributed by atoms with E-state index >= 15 is 0 Å². The van der Waals surface area contributed by atoms with Crippen LogP contribution >= 0.6 is 0 Å². The molecule has 0 aliphatic carbocycles. The second kappa shape index (κ2) is 5.66. The molecule has 0 aromatic rings. The Kier molecular flexibility index (Phi) is 4.20. The van der Waals surface area contributed by atoms with Crippen molar-refractivity contribution in [3.05, 3.63) is 0 Å². The molecule has 6 heteroatoms. The minimum absolute atomic E-state index is 0.281. The molecule has 0 amide bonds. The first-order valence-corrected chi connectivity index (χ1v) is 6.01. The monoisotopic (exact) mass is 243 g/mol. The van der Waals surface area contributed by atoms with Crippen LogP contribution in [0.1, 0.15) is 6.42 Å². The van der Waals surface area contributed by atoms with Crippen LogP contribution in [-0.2, 0) is 14.2 Å². The molecule has 0 bridgehead atoms. The van der Waals surface area contributed by atoms with Crippen LogP contribution in [0, 0.1) is 0 Å². The Labute approximate surface area is 102 Å². The van der Waals surface area contributed by atoms with Crippen molar-refractivity contribution in [2.45, 2.75) is 12.0 Å². The maximum absolute atomic E-state index is 5.96. The van der Waals surface area contributed by atoms with Crippen LogP contribution < -0.4 is 5.73 Å². The molecule has 2 aliphatic heterocycles. The van der Waals surface area contributed by atoms with E-state index in [0.29, 0.717) is 19.1 Å². The van der Waals surface area contributed by atoms with E-state index in [1.54, 1.807) is 7.11 Å². The number of morpholine rings is 1. The van der Waals surface area contributed by atoms with Crippen LogP contribution in [0.2, 0.25) is 0 Å². The molecule has 1 atom stereocenters. The Hall–Kier alpha value is -0.850. The number of nitrogens with two attached hydrogens (primary N) is 1. The molecule has 2 rings (SSSR count). The van der Waals surface area contributed by atoms with Gasteiger partial charge in [-0.1, -0.05) is 0 Å². The van der Waals surface area contributed by atoms with Crippen LogP contribution in [0.3, 0.4) is 0 Å². The Morgan fingerprint density at radius 2 is 2.12 bits per heavy atom. The zero-order valence-electron chi connectivity index (χ0n) is 10.4. The average Bonchev–Trinajstić information content (AvgIpc) is 2.86. The second-order valence-corrected chi connectivity index (χ2v) is 4.46. The van der Waals surface area contributed by atoms with Crippen molar-refractivity contribution < 1.29 is 14.2 Å². The normalized spacial score (nSPS) is 30.9. The first-order chi connectivity index (χ1) is 8.26. The lowest BCUT2D eigenvalue weighted by atomic mass is 10.0. The summed E-state index contributed by atoms with van der Waals surface area (Å²) in [4.78, 5) is 6.48. The molecule has 0 aromatic heterocycles. The van der Waals surface area contributed by atoms with E-state index in [1.807, 2.05) is 4.90 Å². The van der Waals surface area contributed by atoms with Gasteiger partial charge in [0.25, 0.3) is 0 Å². The predicted octanol–water partition coefficient (Wildman–Crippen LogP) is -0.561. The summed E-state index contributed by atoms with van der Waals surface area (Å²) in [5, 5.41) is 0. The molecular weight excluding hydrogens is 222 g/mol. The van der Waals surface area contributed by atoms with Gasteiger partial charge in [-0.3, -0.25) is 4.99 Å². The van der Waals surface area contributed by atoms with E-state index in [0.717, 1.165) is 39.3 Å². The van der Waals surface area contributed by atoms with Crippen LogP contribution in [0.25, 0.3) is 0 Å². The van der Waals surface area contributed by atoms with Gasteiger partial charge in [-0.15, -0.1) is 0 Å². The third kappa shape index (κ3) is 3.08. The van der Waals surface area contributed by atoms with Gasteiger partial charge in [0.05, 0.1) is 26.4 Å². The highest BCUT2D eigenvalue weighted by Crippen LogP contribution is 2.22. The third-order valence-electron chi connectivity index (χ3n) is 3.36. The van der Waals surface area contributed by atoms with Gasteiger partial charge in [0, 0.05) is 33.2 Å². The number of hydrogen-bond acceptors (Lipinski definition) is 4. The SMILES string of the molecule is COC1(CN=C(N)N2CCOCC2)CCOC1. The summed E-state index contributed by atoms with van der Waals surface area (Å²) in [5.74, 6) is 0.580. The van der Waals surface area contributed by atoms with Gasteiger partial charge in [0.1, 0.15) is 5.60 Å². The largest absolute Gasteiger partial charge is 0.378 e. The van der Waals surface area contributed by atoms with Crippen molar-refractivity contribution in [1.82, 2.24) is 4.90 Å². The molecule has 0 saturated carbocycles. The number of aliphatic imine (C=N–C) groups is 1. The molecule has 2 N–H and O–H groups in total. The molecule has 2 fully saturated rings. The summed E-state index contributed by atoms with van der Waals surface area (Å²) in [6.07, 6.45) is 0.878. The van der Waals surface area contributed by atoms with Crippen LogP contribution in [-0.4, -0.2) is 69.6 Å². The quantitative estimate of drug-likeness (QED) is 0.531. The minimum atomic E-state index is -0.281. The smallest absolute Gasteiger partial charge is 0.191 e. The predicted molar refractivity (Wildman–Crippen MR) is 64.1 cm³/mol. The van der Waals surface area contributed by atoms with E-state index in [9.17, 15) is 0 Å². The van der Waals surface area contributed by atoms with Crippen molar-refractivity contribution in [1.29, 1.82) is 0 Å². The van der Waals surface area contributed by atoms with Crippen molar-refractivity contribution in [2.75, 3.05) is 53.2 Å². The zero-order valence-corrected chi connectivity index (χ0v) is 10.4. The maximum atomic E-state index is 5.96. The lowest BCUT2D eigenvalue weighted by molar-refractivity contribution is -0.00935. The third-order valence-corrected chi connectivity index (χ3v) is 3.36. The van der Waals surface area contributed by atoms with Gasteiger partial charge >= 0.3 is 0 Å². The molecular formula is C11H21N3O3. The fraction of sp³-hybridized carbons (Fsp3) is 0.909. The summed E-state index contributed by atoms with van der Waals surface area (Å²) in [5.41, 5.74) is 5.68. The highest BCUT2D eigenvalue weighted by Gasteiger charge is 2.34. The summed E-state index contributed by atoms with van der Waals surface area (Å²) in [7, 11) is 1.70. The number of nitrogens with zero attached hydrogens (tertiary/aromatic N) is 2. The van der Waals surface area contributed by atoms with E-state index in [-0.39, 0.29) is 5.60 Å². The Morgan fingerprint density at radius 3 is 2.71 bits per heavy atom. The van der Waals surface area contributed by atoms with Crippen LogP contribution in [0.15, 0.2) is 4.99 Å². The van der Waals surface area contributed by atoms with Crippen molar-refractivity contribution in [2.24, 2.45) is 10.7 Å². The fourth-order valence-corrected chi connectivity index (χ4v) is 2.06. The maximum Gasteiger partial charge on any atom is 0.191 e. The molecule has 0 radical (unpaired) electrons. The zero-order chi connectivity index (χ0) is 12.1. The summed E-state index contributed by atoms with van der Waals surface area (Å²) in [6, 6.07) is 0. The van der Waals surface area contributed by atoms with E-state index in [2.05, 4.69) is 4.99 Å². The lowest BCUT2D eigenvalue weighted by Gasteiger charge is -2.29. The van der Waals surface area contributed by atoms with E-state index in [4.69, 9.17) is 19.9 Å². The summed E-state index contributed by atoms with van der Waals surface area (Å²) in [6.45, 7) is 4.96. The van der Waals surface area contributed by atoms with Gasteiger partial charge < -0.3 is 24.8 Å². The van der Waals surface area contributed by atoms with Crippen molar-refractivity contribution in [3.63, 3.8) is 0 Å². The van der Waals surface area contributed by atoms with Gasteiger partial charge in [0.2, 0.25) is 0 Å². The van der Waals surface area contributed by atoms with Crippen molar-refractivity contribution in [3.8, 4) is 0 Å². The van der Waals surface area contributed by atoms with Crippen LogP contribution in [0.5, 0.6) is 0 Å². The summed E-state index contributed by atoms with van der Waals surface area (Å²) < 4.78 is 16.1.